The zero-order valence-electron chi connectivity index (χ0n) is 14.7. The molecule has 1 aromatic heterocycles. The van der Waals surface area contributed by atoms with E-state index in [0.717, 1.165) is 64.7 Å². The number of amides is 2. The molecule has 0 radical (unpaired) electrons. The van der Waals surface area contributed by atoms with Crippen LogP contribution in [0.4, 0.5) is 0 Å². The quantitative estimate of drug-likeness (QED) is 0.905. The highest BCUT2D eigenvalue weighted by atomic mass is 16.3. The Labute approximate surface area is 148 Å². The second-order valence-corrected chi connectivity index (χ2v) is 7.65. The average molecular weight is 345 g/mol. The largest absolute Gasteiger partial charge is 0.472 e. The van der Waals surface area contributed by atoms with Crippen molar-refractivity contribution in [3.63, 3.8) is 0 Å². The third kappa shape index (κ3) is 3.89. The summed E-state index contributed by atoms with van der Waals surface area (Å²) in [6.07, 6.45) is 9.42. The van der Waals surface area contributed by atoms with E-state index in [1.54, 1.807) is 12.3 Å². The molecule has 3 fully saturated rings. The highest BCUT2D eigenvalue weighted by Gasteiger charge is 2.34. The van der Waals surface area contributed by atoms with E-state index in [-0.39, 0.29) is 17.7 Å². The monoisotopic (exact) mass is 345 g/mol. The normalized spacial score (nSPS) is 25.8. The number of carbonyl (C=O) groups excluding carboxylic acids is 2. The molecule has 6 nitrogen and oxygen atoms in total. The third-order valence-corrected chi connectivity index (χ3v) is 5.78. The van der Waals surface area contributed by atoms with Crippen LogP contribution in [0.5, 0.6) is 0 Å². The molecule has 2 aliphatic heterocycles. The minimum absolute atomic E-state index is 0.0625. The Hall–Kier alpha value is -1.82. The van der Waals surface area contributed by atoms with E-state index in [9.17, 15) is 9.59 Å². The van der Waals surface area contributed by atoms with Crippen molar-refractivity contribution in [2.45, 2.75) is 50.6 Å². The summed E-state index contributed by atoms with van der Waals surface area (Å²) < 4.78 is 5.02. The Morgan fingerprint density at radius 2 is 1.88 bits per heavy atom. The fraction of sp³-hybridized carbons (Fsp3) is 0.684. The van der Waals surface area contributed by atoms with Crippen LogP contribution in [0.1, 0.15) is 48.9 Å². The summed E-state index contributed by atoms with van der Waals surface area (Å²) in [7, 11) is 0. The van der Waals surface area contributed by atoms with Gasteiger partial charge in [-0.05, 0) is 51.1 Å². The number of piperidine rings is 2. The maximum Gasteiger partial charge on any atom is 0.257 e. The van der Waals surface area contributed by atoms with Gasteiger partial charge in [-0.1, -0.05) is 0 Å². The van der Waals surface area contributed by atoms with Crippen LogP contribution in [0.25, 0.3) is 0 Å². The van der Waals surface area contributed by atoms with Crippen LogP contribution in [0.3, 0.4) is 0 Å². The van der Waals surface area contributed by atoms with Crippen LogP contribution >= 0.6 is 0 Å². The fourth-order valence-electron chi connectivity index (χ4n) is 4.10. The molecule has 1 aliphatic carbocycles. The summed E-state index contributed by atoms with van der Waals surface area (Å²) in [5.41, 5.74) is 0.633. The number of likely N-dealkylation sites (tertiary alicyclic amines) is 2. The average Bonchev–Trinajstić information content (AvgIpc) is 3.30. The maximum absolute atomic E-state index is 12.4. The minimum Gasteiger partial charge on any atom is -0.472 e. The molecule has 1 saturated carbocycles. The van der Waals surface area contributed by atoms with E-state index in [4.69, 9.17) is 4.42 Å². The second-order valence-electron chi connectivity index (χ2n) is 7.65. The highest BCUT2D eigenvalue weighted by Crippen LogP contribution is 2.26. The van der Waals surface area contributed by atoms with Gasteiger partial charge in [-0.25, -0.2) is 0 Å². The number of rotatable bonds is 4. The van der Waals surface area contributed by atoms with E-state index >= 15 is 0 Å². The Balaban J connectivity index is 1.28. The van der Waals surface area contributed by atoms with Crippen molar-refractivity contribution < 1.29 is 14.0 Å². The molecule has 1 N–H and O–H groups in total. The number of nitrogens with zero attached hydrogens (tertiary/aromatic N) is 2. The molecule has 25 heavy (non-hydrogen) atoms. The van der Waals surface area contributed by atoms with Gasteiger partial charge in [0.15, 0.2) is 0 Å². The van der Waals surface area contributed by atoms with Crippen LogP contribution in [0, 0.1) is 5.92 Å². The van der Waals surface area contributed by atoms with Gasteiger partial charge in [-0.3, -0.25) is 14.5 Å². The van der Waals surface area contributed by atoms with Crippen molar-refractivity contribution in [1.29, 1.82) is 0 Å². The molecule has 0 bridgehead atoms. The van der Waals surface area contributed by atoms with Gasteiger partial charge >= 0.3 is 0 Å². The summed E-state index contributed by atoms with van der Waals surface area (Å²) >= 11 is 0. The van der Waals surface area contributed by atoms with E-state index in [0.29, 0.717) is 17.6 Å². The second kappa shape index (κ2) is 7.20. The van der Waals surface area contributed by atoms with E-state index in [1.165, 1.54) is 6.26 Å². The van der Waals surface area contributed by atoms with Crippen LogP contribution in [0.15, 0.2) is 23.0 Å². The van der Waals surface area contributed by atoms with E-state index < -0.39 is 0 Å². The zero-order chi connectivity index (χ0) is 17.2. The Morgan fingerprint density at radius 1 is 1.08 bits per heavy atom. The van der Waals surface area contributed by atoms with Crippen molar-refractivity contribution in [1.82, 2.24) is 15.1 Å². The molecule has 3 heterocycles. The number of hydrogen-bond acceptors (Lipinski definition) is 4. The highest BCUT2D eigenvalue weighted by molar-refractivity contribution is 5.93. The van der Waals surface area contributed by atoms with Crippen molar-refractivity contribution in [2.24, 2.45) is 5.92 Å². The maximum atomic E-state index is 12.4. The first-order valence-electron chi connectivity index (χ1n) is 9.56. The van der Waals surface area contributed by atoms with Crippen molar-refractivity contribution in [3.05, 3.63) is 24.2 Å². The summed E-state index contributed by atoms with van der Waals surface area (Å²) in [5, 5.41) is 3.16. The molecular weight excluding hydrogens is 318 g/mol. The molecule has 1 aromatic rings. The predicted molar refractivity (Wildman–Crippen MR) is 93.1 cm³/mol. The number of nitrogens with one attached hydrogen (secondary N) is 1. The van der Waals surface area contributed by atoms with Gasteiger partial charge in [0.2, 0.25) is 5.91 Å². The third-order valence-electron chi connectivity index (χ3n) is 5.78. The molecule has 136 valence electrons. The van der Waals surface area contributed by atoms with Gasteiger partial charge in [-0.2, -0.15) is 0 Å². The van der Waals surface area contributed by atoms with Gasteiger partial charge in [0, 0.05) is 31.7 Å². The molecule has 0 unspecified atom stereocenters. The Kier molecular flexibility index (Phi) is 4.79. The van der Waals surface area contributed by atoms with Gasteiger partial charge < -0.3 is 14.6 Å². The molecule has 0 aromatic carbocycles. The van der Waals surface area contributed by atoms with Gasteiger partial charge in [0.05, 0.1) is 17.7 Å². The van der Waals surface area contributed by atoms with Gasteiger partial charge in [-0.15, -0.1) is 0 Å². The van der Waals surface area contributed by atoms with Crippen LogP contribution in [-0.2, 0) is 4.79 Å². The first-order chi connectivity index (χ1) is 12.2. The summed E-state index contributed by atoms with van der Waals surface area (Å²) in [5.74, 6) is 0.451. The molecule has 2 saturated heterocycles. The van der Waals surface area contributed by atoms with Crippen LogP contribution < -0.4 is 5.32 Å². The smallest absolute Gasteiger partial charge is 0.257 e. The summed E-state index contributed by atoms with van der Waals surface area (Å²) in [6.45, 7) is 3.51. The van der Waals surface area contributed by atoms with E-state index in [1.807, 2.05) is 4.90 Å². The van der Waals surface area contributed by atoms with Gasteiger partial charge in [0.25, 0.3) is 5.91 Å². The number of furan rings is 1. The lowest BCUT2D eigenvalue weighted by molar-refractivity contribution is -0.127. The molecule has 4 rings (SSSR count). The SMILES string of the molecule is O=C(NC1CC1)[C@@H]1CCCN(C2CCN(C(=O)c3ccoc3)CC2)C1. The lowest BCUT2D eigenvalue weighted by atomic mass is 9.93. The molecule has 1 atom stereocenters. The number of hydrogen-bond donors (Lipinski definition) is 1. The first-order valence-corrected chi connectivity index (χ1v) is 9.56. The first kappa shape index (κ1) is 16.6. The standard InChI is InChI=1S/C19H27N3O3/c23-18(20-16-3-4-16)14-2-1-8-22(12-14)17-5-9-21(10-6-17)19(24)15-7-11-25-13-15/h7,11,13-14,16-17H,1-6,8-10,12H2,(H,20,23)/t14-/m1/s1. The zero-order valence-corrected chi connectivity index (χ0v) is 14.7. The molecular formula is C19H27N3O3. The van der Waals surface area contributed by atoms with Crippen LogP contribution in [-0.4, -0.2) is 59.9 Å². The van der Waals surface area contributed by atoms with Crippen molar-refractivity contribution in [3.8, 4) is 0 Å². The molecule has 2 amide bonds. The van der Waals surface area contributed by atoms with Crippen molar-refractivity contribution in [2.75, 3.05) is 26.2 Å². The molecule has 3 aliphatic rings. The molecule has 0 spiro atoms. The van der Waals surface area contributed by atoms with Crippen molar-refractivity contribution >= 4 is 11.8 Å². The van der Waals surface area contributed by atoms with E-state index in [2.05, 4.69) is 10.2 Å². The fourth-order valence-corrected chi connectivity index (χ4v) is 4.10. The summed E-state index contributed by atoms with van der Waals surface area (Å²) in [6, 6.07) is 2.66. The van der Waals surface area contributed by atoms with Crippen LogP contribution in [0.2, 0.25) is 0 Å². The minimum atomic E-state index is 0.0625. The summed E-state index contributed by atoms with van der Waals surface area (Å²) in [4.78, 5) is 29.1. The lowest BCUT2D eigenvalue weighted by Crippen LogP contribution is -2.51. The lowest BCUT2D eigenvalue weighted by Gasteiger charge is -2.42. The topological polar surface area (TPSA) is 65.8 Å². The van der Waals surface area contributed by atoms with Gasteiger partial charge in [0.1, 0.15) is 6.26 Å². The number of carbonyl (C=O) groups is 2. The Morgan fingerprint density at radius 3 is 2.56 bits per heavy atom. The predicted octanol–water partition coefficient (Wildman–Crippen LogP) is 1.87. The Bertz CT molecular complexity index is 603. The molecule has 6 heteroatoms.